The number of carbonyl (C=O) groups is 8. The molecule has 5 unspecified atom stereocenters. The molecule has 3 aliphatic heterocycles. The molecule has 1 aromatic carbocycles. The second kappa shape index (κ2) is 21.3. The minimum atomic E-state index is -1.33. The smallest absolute Gasteiger partial charge is 0.407 e. The highest BCUT2D eigenvalue weighted by atomic mass is 16.8. The lowest BCUT2D eigenvalue weighted by molar-refractivity contribution is -0.208. The molecule has 8 N–H and O–H groups in total. The number of anilines is 1. The molecule has 20 nitrogen and oxygen atoms in total. The molecule has 2 saturated heterocycles. The van der Waals surface area contributed by atoms with E-state index in [4.69, 9.17) is 24.7 Å². The molecule has 4 rings (SSSR count). The number of amides is 9. The number of rotatable bonds is 20. The van der Waals surface area contributed by atoms with Gasteiger partial charge in [0.25, 0.3) is 17.7 Å². The van der Waals surface area contributed by atoms with Gasteiger partial charge < -0.3 is 56.6 Å². The number of alkyl carbamates (subject to hydrolysis) is 1. The molecule has 6 atom stereocenters. The van der Waals surface area contributed by atoms with Crippen LogP contribution in [0.2, 0.25) is 0 Å². The normalized spacial score (nSPS) is 21.3. The lowest BCUT2D eigenvalue weighted by atomic mass is 10.0. The predicted octanol–water partition coefficient (Wildman–Crippen LogP) is 1.22. The first kappa shape index (κ1) is 48.1. The van der Waals surface area contributed by atoms with E-state index >= 15 is 0 Å². The largest absolute Gasteiger partial charge is 0.444 e. The van der Waals surface area contributed by atoms with Gasteiger partial charge in [0.2, 0.25) is 17.7 Å². The number of carbonyl (C=O) groups excluding carboxylic acids is 8. The van der Waals surface area contributed by atoms with Crippen molar-refractivity contribution in [1.82, 2.24) is 31.5 Å². The summed E-state index contributed by atoms with van der Waals surface area (Å²) < 4.78 is 23.1. The van der Waals surface area contributed by atoms with E-state index in [1.54, 1.807) is 72.7 Å². The lowest BCUT2D eigenvalue weighted by Gasteiger charge is -2.29. The number of imide groups is 1. The Labute approximate surface area is 355 Å². The number of nitrogens with two attached hydrogens (primary N) is 1. The topological polar surface area (TPSA) is 275 Å². The number of benzene rings is 1. The van der Waals surface area contributed by atoms with Gasteiger partial charge >= 0.3 is 12.1 Å². The number of primary amides is 1. The van der Waals surface area contributed by atoms with Crippen molar-refractivity contribution in [1.29, 1.82) is 0 Å². The highest BCUT2D eigenvalue weighted by Crippen LogP contribution is 2.37. The van der Waals surface area contributed by atoms with Crippen molar-refractivity contribution < 1.29 is 57.3 Å². The van der Waals surface area contributed by atoms with Gasteiger partial charge in [-0.1, -0.05) is 26.0 Å². The van der Waals surface area contributed by atoms with Crippen LogP contribution >= 0.6 is 0 Å². The number of nitrogens with zero attached hydrogens (tertiary/aromatic N) is 1. The van der Waals surface area contributed by atoms with Crippen molar-refractivity contribution in [2.45, 2.75) is 135 Å². The molecule has 61 heavy (non-hydrogen) atoms. The summed E-state index contributed by atoms with van der Waals surface area (Å²) in [7, 11) is 0. The molecule has 20 heteroatoms. The van der Waals surface area contributed by atoms with Crippen LogP contribution in [-0.2, 0) is 54.1 Å². The molecule has 336 valence electrons. The molecule has 3 aliphatic rings. The zero-order valence-electron chi connectivity index (χ0n) is 35.8. The van der Waals surface area contributed by atoms with Crippen LogP contribution in [0.25, 0.3) is 0 Å². The summed E-state index contributed by atoms with van der Waals surface area (Å²) in [5, 5.41) is 16.3. The molecular weight excluding hydrogens is 796 g/mol. The number of ether oxygens (including phenoxy) is 4. The van der Waals surface area contributed by atoms with E-state index in [2.05, 4.69) is 31.9 Å². The number of hydrogen-bond donors (Lipinski definition) is 7. The Morgan fingerprint density at radius 2 is 1.56 bits per heavy atom. The summed E-state index contributed by atoms with van der Waals surface area (Å²) in [4.78, 5) is 103. The van der Waals surface area contributed by atoms with Crippen LogP contribution in [0.3, 0.4) is 0 Å². The Hall–Kier alpha value is -5.60. The summed E-state index contributed by atoms with van der Waals surface area (Å²) in [6, 6.07) is 2.92. The Kier molecular flexibility index (Phi) is 16.8. The third-order valence-corrected chi connectivity index (χ3v) is 9.72. The Balaban J connectivity index is 1.38. The minimum Gasteiger partial charge on any atom is -0.444 e. The van der Waals surface area contributed by atoms with Gasteiger partial charge in [-0.2, -0.15) is 0 Å². The number of nitrogens with one attached hydrogen (secondary N) is 6. The minimum absolute atomic E-state index is 0.0169. The Morgan fingerprint density at radius 3 is 2.18 bits per heavy atom. The second-order valence-corrected chi connectivity index (χ2v) is 16.8. The van der Waals surface area contributed by atoms with Gasteiger partial charge in [-0.15, -0.1) is 0 Å². The molecular formula is C41H60N8O12. The Morgan fingerprint density at radius 1 is 0.885 bits per heavy atom. The first-order valence-electron chi connectivity index (χ1n) is 20.5. The van der Waals surface area contributed by atoms with Gasteiger partial charge in [-0.3, -0.25) is 33.7 Å². The molecule has 0 aromatic heterocycles. The third kappa shape index (κ3) is 14.8. The molecule has 3 heterocycles. The zero-order chi connectivity index (χ0) is 45.1. The highest BCUT2D eigenvalue weighted by molar-refractivity contribution is 6.12. The van der Waals surface area contributed by atoms with Crippen LogP contribution < -0.4 is 37.6 Å². The lowest BCUT2D eigenvalue weighted by Crippen LogP contribution is -2.59. The van der Waals surface area contributed by atoms with Crippen LogP contribution in [-0.4, -0.2) is 120 Å². The summed E-state index contributed by atoms with van der Waals surface area (Å²) in [6.07, 6.45) is 0.268. The van der Waals surface area contributed by atoms with Crippen molar-refractivity contribution in [3.05, 3.63) is 42.0 Å². The van der Waals surface area contributed by atoms with Crippen molar-refractivity contribution in [3.8, 4) is 0 Å². The Bertz CT molecular complexity index is 1790. The van der Waals surface area contributed by atoms with Gasteiger partial charge in [0.1, 0.15) is 23.8 Å². The van der Waals surface area contributed by atoms with Crippen LogP contribution in [0.5, 0.6) is 0 Å². The van der Waals surface area contributed by atoms with Crippen LogP contribution in [0.4, 0.5) is 15.3 Å². The fourth-order valence-corrected chi connectivity index (χ4v) is 6.78. The van der Waals surface area contributed by atoms with Crippen molar-refractivity contribution in [3.63, 3.8) is 0 Å². The average Bonchev–Trinajstić information content (AvgIpc) is 3.77. The maximum atomic E-state index is 13.9. The molecule has 9 amide bonds. The maximum Gasteiger partial charge on any atom is 0.407 e. The first-order chi connectivity index (χ1) is 28.6. The molecule has 0 saturated carbocycles. The van der Waals surface area contributed by atoms with E-state index in [1.807, 2.05) is 0 Å². The number of fused-ring (bicyclic) bond motifs is 1. The van der Waals surface area contributed by atoms with Crippen molar-refractivity contribution in [2.24, 2.45) is 11.7 Å². The molecule has 0 bridgehead atoms. The molecule has 2 fully saturated rings. The third-order valence-electron chi connectivity index (χ3n) is 9.72. The van der Waals surface area contributed by atoms with Crippen molar-refractivity contribution >= 4 is 53.3 Å². The molecule has 0 spiro atoms. The van der Waals surface area contributed by atoms with E-state index in [0.717, 1.165) is 10.5 Å². The standard InChI is InChI=1S/C41H60N8O12/c1-23(2)30(48-36(55)32-31(33-37(58-32)60-41(6,7)59-33)47-27(50)12-8-9-22-49-28(51)17-18-29(49)52)35(54)46-26(11-10-20-43-38(42)56)34(53)45-25-15-13-24(14-16-25)19-21-44-39(57)61-40(3,4)5/h13-18,23,26,30-33,37H,8-12,19-22H2,1-7H3,(H,44,57)(H,45,53)(H,46,54)(H,47,50)(H,48,55)(H3,42,43,56)/t26?,30-,31?,32?,33?,37?/m1/s1. The summed E-state index contributed by atoms with van der Waals surface area (Å²) >= 11 is 0. The van der Waals surface area contributed by atoms with E-state index in [9.17, 15) is 38.4 Å². The number of unbranched alkanes of at least 4 members (excludes halogenated alkanes) is 1. The van der Waals surface area contributed by atoms with Gasteiger partial charge in [0, 0.05) is 43.9 Å². The number of hydrogen-bond acceptors (Lipinski definition) is 12. The molecule has 1 aromatic rings. The summed E-state index contributed by atoms with van der Waals surface area (Å²) in [5.74, 6) is -4.76. The van der Waals surface area contributed by atoms with Gasteiger partial charge in [-0.05, 0) is 90.3 Å². The summed E-state index contributed by atoms with van der Waals surface area (Å²) in [5.41, 5.74) is 5.91. The van der Waals surface area contributed by atoms with Crippen LogP contribution in [0, 0.1) is 5.92 Å². The summed E-state index contributed by atoms with van der Waals surface area (Å²) in [6.45, 7) is 12.7. The fourth-order valence-electron chi connectivity index (χ4n) is 6.78. The SMILES string of the molecule is CC(C)[C@@H](NC(=O)C1OC2OC(C)(C)OC2C1NC(=O)CCCCN1C(=O)C=CC1=O)C(=O)NC(CCCNC(N)=O)C(=O)Nc1ccc(CCNC(=O)OC(C)(C)C)cc1. The van der Waals surface area contributed by atoms with E-state index < -0.39 is 101 Å². The first-order valence-corrected chi connectivity index (χ1v) is 20.5. The number of urea groups is 1. The predicted molar refractivity (Wildman–Crippen MR) is 219 cm³/mol. The maximum absolute atomic E-state index is 13.9. The molecule has 0 radical (unpaired) electrons. The monoisotopic (exact) mass is 856 g/mol. The quantitative estimate of drug-likeness (QED) is 0.0721. The van der Waals surface area contributed by atoms with Crippen LogP contribution in [0.15, 0.2) is 36.4 Å². The van der Waals surface area contributed by atoms with Gasteiger partial charge in [0.05, 0.1) is 6.04 Å². The average molecular weight is 857 g/mol. The van der Waals surface area contributed by atoms with E-state index in [1.165, 1.54) is 12.2 Å². The van der Waals surface area contributed by atoms with Gasteiger partial charge in [-0.25, -0.2) is 9.59 Å². The van der Waals surface area contributed by atoms with Crippen molar-refractivity contribution in [2.75, 3.05) is 25.0 Å². The second-order valence-electron chi connectivity index (χ2n) is 16.8. The highest BCUT2D eigenvalue weighted by Gasteiger charge is 2.57. The molecule has 0 aliphatic carbocycles. The van der Waals surface area contributed by atoms with E-state index in [0.29, 0.717) is 31.5 Å². The van der Waals surface area contributed by atoms with Gasteiger partial charge in [0.15, 0.2) is 18.2 Å². The fraction of sp³-hybridized carbons (Fsp3) is 0.610. The van der Waals surface area contributed by atoms with Crippen LogP contribution in [0.1, 0.15) is 86.1 Å². The van der Waals surface area contributed by atoms with E-state index in [-0.39, 0.29) is 32.4 Å². The zero-order valence-corrected chi connectivity index (χ0v) is 35.8.